The van der Waals surface area contributed by atoms with Crippen LogP contribution in [-0.4, -0.2) is 24.7 Å². The lowest BCUT2D eigenvalue weighted by Gasteiger charge is -2.07. The molecule has 0 fully saturated rings. The van der Waals surface area contributed by atoms with Crippen molar-refractivity contribution in [1.29, 1.82) is 0 Å². The highest BCUT2D eigenvalue weighted by Crippen LogP contribution is 1.92. The van der Waals surface area contributed by atoms with Gasteiger partial charge in [-0.15, -0.1) is 0 Å². The normalized spacial score (nSPS) is 12.5. The van der Waals surface area contributed by atoms with Gasteiger partial charge in [0.25, 0.3) is 0 Å². The maximum atomic E-state index is 11.4. The fourth-order valence-corrected chi connectivity index (χ4v) is 1.00. The van der Waals surface area contributed by atoms with Crippen molar-refractivity contribution in [3.8, 4) is 0 Å². The smallest absolute Gasteiger partial charge is 0.226 e. The molecule has 0 aliphatic rings. The van der Waals surface area contributed by atoms with Crippen LogP contribution in [0.15, 0.2) is 17.1 Å². The van der Waals surface area contributed by atoms with Crippen molar-refractivity contribution in [3.05, 3.63) is 12.2 Å². The number of amides is 1. The van der Waals surface area contributed by atoms with Gasteiger partial charge in [-0.2, -0.15) is 0 Å². The Morgan fingerprint density at radius 2 is 2.14 bits per heavy atom. The molecule has 1 amide bonds. The third-order valence-electron chi connectivity index (χ3n) is 1.62. The second-order valence-electron chi connectivity index (χ2n) is 3.42. The summed E-state index contributed by atoms with van der Waals surface area (Å²) in [6.07, 6.45) is 5.24. The number of carbonyl (C=O) groups is 1. The van der Waals surface area contributed by atoms with E-state index in [-0.39, 0.29) is 11.9 Å². The van der Waals surface area contributed by atoms with Crippen LogP contribution in [0.3, 0.4) is 0 Å². The molecule has 0 saturated carbocycles. The maximum Gasteiger partial charge on any atom is 0.226 e. The van der Waals surface area contributed by atoms with E-state index >= 15 is 0 Å². The Labute approximate surface area is 86.3 Å². The fourth-order valence-electron chi connectivity index (χ4n) is 1.00. The molecule has 0 unspecified atom stereocenters. The second kappa shape index (κ2) is 7.30. The van der Waals surface area contributed by atoms with E-state index in [1.807, 2.05) is 26.0 Å². The summed E-state index contributed by atoms with van der Waals surface area (Å²) in [5.74, 6) is 0.0290. The molecule has 0 radical (unpaired) electrons. The molecular weight excluding hydrogens is 176 g/mol. The van der Waals surface area contributed by atoms with Crippen molar-refractivity contribution < 1.29 is 4.79 Å². The van der Waals surface area contributed by atoms with Crippen LogP contribution in [0.4, 0.5) is 0 Å². The molecular formula is C11H20N2O. The highest BCUT2D eigenvalue weighted by Gasteiger charge is 2.05. The molecule has 0 aliphatic carbocycles. The predicted octanol–water partition coefficient (Wildman–Crippen LogP) is 1.94. The third-order valence-corrected chi connectivity index (χ3v) is 1.62. The summed E-state index contributed by atoms with van der Waals surface area (Å²) in [4.78, 5) is 15.4. The fraction of sp³-hybridized carbons (Fsp3) is 0.636. The Morgan fingerprint density at radius 1 is 1.50 bits per heavy atom. The number of nitrogens with zero attached hydrogens (tertiary/aromatic N) is 1. The Balaban J connectivity index is 4.07. The van der Waals surface area contributed by atoms with Gasteiger partial charge in [0.2, 0.25) is 5.91 Å². The Kier molecular flexibility index (Phi) is 6.72. The molecule has 0 heterocycles. The molecule has 0 aromatic carbocycles. The largest absolute Gasteiger partial charge is 0.354 e. The standard InChI is InChI=1S/C11H20N2O/c1-5-6-7-10(12-4)8-11(14)13-9(2)3/h6-7,9H,5,8H2,1-4H3,(H,13,14)/b7-6-,12-10?. The van der Waals surface area contributed by atoms with E-state index < -0.39 is 0 Å². The minimum Gasteiger partial charge on any atom is -0.354 e. The van der Waals surface area contributed by atoms with E-state index in [0.717, 1.165) is 12.1 Å². The lowest BCUT2D eigenvalue weighted by atomic mass is 10.2. The molecule has 0 aromatic heterocycles. The van der Waals surface area contributed by atoms with E-state index in [4.69, 9.17) is 0 Å². The summed E-state index contributed by atoms with van der Waals surface area (Å²) in [7, 11) is 1.71. The summed E-state index contributed by atoms with van der Waals surface area (Å²) in [5.41, 5.74) is 0.824. The molecule has 0 aliphatic heterocycles. The predicted molar refractivity (Wildman–Crippen MR) is 60.7 cm³/mol. The molecule has 3 heteroatoms. The SMILES string of the molecule is CC/C=C\C(CC(=O)NC(C)C)=NC. The van der Waals surface area contributed by atoms with Crippen LogP contribution < -0.4 is 5.32 Å². The third kappa shape index (κ3) is 6.40. The number of hydrogen-bond donors (Lipinski definition) is 1. The minimum absolute atomic E-state index is 0.0290. The number of carbonyl (C=O) groups excluding carboxylic acids is 1. The van der Waals surface area contributed by atoms with Crippen molar-refractivity contribution in [2.45, 2.75) is 39.7 Å². The van der Waals surface area contributed by atoms with Gasteiger partial charge in [0.15, 0.2) is 0 Å². The van der Waals surface area contributed by atoms with Gasteiger partial charge < -0.3 is 5.32 Å². The number of nitrogens with one attached hydrogen (secondary N) is 1. The molecule has 80 valence electrons. The van der Waals surface area contributed by atoms with Gasteiger partial charge in [0.1, 0.15) is 0 Å². The van der Waals surface area contributed by atoms with Crippen molar-refractivity contribution in [2.24, 2.45) is 4.99 Å². The van der Waals surface area contributed by atoms with Crippen molar-refractivity contribution in [3.63, 3.8) is 0 Å². The Morgan fingerprint density at radius 3 is 2.57 bits per heavy atom. The topological polar surface area (TPSA) is 41.5 Å². The lowest BCUT2D eigenvalue weighted by molar-refractivity contribution is -0.120. The molecule has 0 aromatic rings. The molecule has 3 nitrogen and oxygen atoms in total. The van der Waals surface area contributed by atoms with Gasteiger partial charge in [0, 0.05) is 18.8 Å². The first-order chi connectivity index (χ1) is 6.60. The van der Waals surface area contributed by atoms with E-state index in [2.05, 4.69) is 17.2 Å². The summed E-state index contributed by atoms with van der Waals surface area (Å²) in [6.45, 7) is 5.95. The lowest BCUT2D eigenvalue weighted by Crippen LogP contribution is -2.31. The zero-order valence-electron chi connectivity index (χ0n) is 9.50. The number of allylic oxidation sites excluding steroid dienone is 2. The van der Waals surface area contributed by atoms with Crippen molar-refractivity contribution in [2.75, 3.05) is 7.05 Å². The highest BCUT2D eigenvalue weighted by atomic mass is 16.1. The number of rotatable bonds is 5. The number of aliphatic imine (C=N–C) groups is 1. The van der Waals surface area contributed by atoms with E-state index in [1.165, 1.54) is 0 Å². The second-order valence-corrected chi connectivity index (χ2v) is 3.42. The first-order valence-electron chi connectivity index (χ1n) is 5.01. The number of hydrogen-bond acceptors (Lipinski definition) is 2. The van der Waals surface area contributed by atoms with E-state index in [0.29, 0.717) is 6.42 Å². The van der Waals surface area contributed by atoms with Gasteiger partial charge >= 0.3 is 0 Å². The highest BCUT2D eigenvalue weighted by molar-refractivity contribution is 6.06. The van der Waals surface area contributed by atoms with Crippen LogP contribution >= 0.6 is 0 Å². The van der Waals surface area contributed by atoms with Crippen LogP contribution in [0.5, 0.6) is 0 Å². The van der Waals surface area contributed by atoms with Crippen LogP contribution in [0, 0.1) is 0 Å². The Bertz CT molecular complexity index is 229. The molecule has 1 N–H and O–H groups in total. The molecule has 0 spiro atoms. The Hall–Kier alpha value is -1.12. The van der Waals surface area contributed by atoms with Crippen molar-refractivity contribution >= 4 is 11.6 Å². The average molecular weight is 196 g/mol. The van der Waals surface area contributed by atoms with Crippen LogP contribution in [0.2, 0.25) is 0 Å². The van der Waals surface area contributed by atoms with Crippen LogP contribution in [-0.2, 0) is 4.79 Å². The van der Waals surface area contributed by atoms with E-state index in [9.17, 15) is 4.79 Å². The summed E-state index contributed by atoms with van der Waals surface area (Å²) >= 11 is 0. The summed E-state index contributed by atoms with van der Waals surface area (Å²) in [5, 5.41) is 2.83. The van der Waals surface area contributed by atoms with Crippen molar-refractivity contribution in [1.82, 2.24) is 5.32 Å². The molecule has 0 atom stereocenters. The van der Waals surface area contributed by atoms with Gasteiger partial charge in [0.05, 0.1) is 6.42 Å². The first kappa shape index (κ1) is 12.9. The van der Waals surface area contributed by atoms with E-state index in [1.54, 1.807) is 7.05 Å². The van der Waals surface area contributed by atoms with Gasteiger partial charge in [-0.25, -0.2) is 0 Å². The molecule has 0 saturated heterocycles. The zero-order chi connectivity index (χ0) is 11.0. The average Bonchev–Trinajstić information content (AvgIpc) is 2.10. The summed E-state index contributed by atoms with van der Waals surface area (Å²) in [6, 6.07) is 0.191. The zero-order valence-corrected chi connectivity index (χ0v) is 9.50. The minimum atomic E-state index is 0.0290. The quantitative estimate of drug-likeness (QED) is 0.671. The first-order valence-corrected chi connectivity index (χ1v) is 5.01. The van der Waals surface area contributed by atoms with Crippen LogP contribution in [0.1, 0.15) is 33.6 Å². The maximum absolute atomic E-state index is 11.4. The van der Waals surface area contributed by atoms with Crippen LogP contribution in [0.25, 0.3) is 0 Å². The van der Waals surface area contributed by atoms with Gasteiger partial charge in [-0.3, -0.25) is 9.79 Å². The van der Waals surface area contributed by atoms with Gasteiger partial charge in [-0.05, 0) is 26.3 Å². The molecule has 0 rings (SSSR count). The summed E-state index contributed by atoms with van der Waals surface area (Å²) < 4.78 is 0. The monoisotopic (exact) mass is 196 g/mol. The molecule has 14 heavy (non-hydrogen) atoms. The molecule has 0 bridgehead atoms. The van der Waals surface area contributed by atoms with Gasteiger partial charge in [-0.1, -0.05) is 13.0 Å².